The van der Waals surface area contributed by atoms with Crippen LogP contribution in [0.3, 0.4) is 0 Å². The molecule has 2 heterocycles. The molecule has 0 amide bonds. The van der Waals surface area contributed by atoms with Gasteiger partial charge in [-0.05, 0) is 36.3 Å². The minimum absolute atomic E-state index is 0.00705. The fourth-order valence-corrected chi connectivity index (χ4v) is 5.52. The predicted octanol–water partition coefficient (Wildman–Crippen LogP) is 4.79. The van der Waals surface area contributed by atoms with E-state index in [0.717, 1.165) is 0 Å². The molecular weight excluding hydrogens is 440 g/mol. The summed E-state index contributed by atoms with van der Waals surface area (Å²) in [5.74, 6) is 0. The van der Waals surface area contributed by atoms with Gasteiger partial charge in [0.1, 0.15) is 11.8 Å². The van der Waals surface area contributed by atoms with Gasteiger partial charge in [0.15, 0.2) is 16.6 Å². The second kappa shape index (κ2) is 8.83. The predicted molar refractivity (Wildman–Crippen MR) is 134 cm³/mol. The van der Waals surface area contributed by atoms with Crippen molar-refractivity contribution in [2.24, 2.45) is 0 Å². The molecule has 1 fully saturated rings. The molecule has 1 aromatic heterocycles. The SMILES string of the molecule is C=CC1(CO[Si](C)(C)C(C)(C)C)O[C@@H](n2ccc(=O)[nH]c2=O)CC1O[Si](C)(C)C(C)(C)C. The Bertz CT molecular complexity index is 939. The van der Waals surface area contributed by atoms with Crippen LogP contribution in [0.4, 0.5) is 0 Å². The fourth-order valence-electron chi connectivity index (χ4n) is 3.14. The first-order valence-corrected chi connectivity index (χ1v) is 17.1. The number of nitrogens with one attached hydrogen (secondary N) is 1. The van der Waals surface area contributed by atoms with Crippen LogP contribution in [0, 0.1) is 0 Å². The zero-order valence-electron chi connectivity index (χ0n) is 21.5. The molecule has 1 aliphatic rings. The van der Waals surface area contributed by atoms with E-state index in [2.05, 4.69) is 79.3 Å². The first-order valence-electron chi connectivity index (χ1n) is 11.3. The Morgan fingerprint density at radius 2 is 1.72 bits per heavy atom. The Morgan fingerprint density at radius 3 is 2.19 bits per heavy atom. The number of hydrogen-bond donors (Lipinski definition) is 1. The number of nitrogens with zero attached hydrogens (tertiary/aromatic N) is 1. The smallest absolute Gasteiger partial charge is 0.330 e. The summed E-state index contributed by atoms with van der Waals surface area (Å²) < 4.78 is 21.3. The van der Waals surface area contributed by atoms with Crippen LogP contribution in [-0.4, -0.2) is 44.5 Å². The lowest BCUT2D eigenvalue weighted by Gasteiger charge is -2.44. The van der Waals surface area contributed by atoms with Gasteiger partial charge in [0.05, 0.1) is 12.7 Å². The van der Waals surface area contributed by atoms with Crippen molar-refractivity contribution in [2.75, 3.05) is 6.61 Å². The number of aromatic amines is 1. The average Bonchev–Trinajstić information content (AvgIpc) is 2.96. The van der Waals surface area contributed by atoms with Crippen LogP contribution in [0.5, 0.6) is 0 Å². The van der Waals surface area contributed by atoms with Crippen molar-refractivity contribution < 1.29 is 13.6 Å². The van der Waals surface area contributed by atoms with Crippen molar-refractivity contribution in [1.29, 1.82) is 0 Å². The van der Waals surface area contributed by atoms with Gasteiger partial charge < -0.3 is 13.6 Å². The van der Waals surface area contributed by atoms with E-state index in [4.69, 9.17) is 13.6 Å². The highest BCUT2D eigenvalue weighted by molar-refractivity contribution is 6.74. The second-order valence-corrected chi connectivity index (χ2v) is 21.5. The highest BCUT2D eigenvalue weighted by Crippen LogP contribution is 2.46. The summed E-state index contributed by atoms with van der Waals surface area (Å²) in [7, 11) is -4.23. The van der Waals surface area contributed by atoms with Gasteiger partial charge >= 0.3 is 5.69 Å². The normalized spacial score (nSPS) is 25.2. The van der Waals surface area contributed by atoms with Crippen LogP contribution in [0.15, 0.2) is 34.5 Å². The summed E-state index contributed by atoms with van der Waals surface area (Å²) in [5.41, 5.74) is -1.83. The van der Waals surface area contributed by atoms with Crippen molar-refractivity contribution in [1.82, 2.24) is 9.55 Å². The molecule has 1 saturated heterocycles. The molecule has 9 heteroatoms. The Kier molecular flexibility index (Phi) is 7.44. The van der Waals surface area contributed by atoms with Crippen LogP contribution in [0.1, 0.15) is 54.2 Å². The van der Waals surface area contributed by atoms with Crippen molar-refractivity contribution in [3.8, 4) is 0 Å². The molecule has 1 aliphatic heterocycles. The maximum absolute atomic E-state index is 12.5. The average molecular weight is 483 g/mol. The zero-order valence-corrected chi connectivity index (χ0v) is 23.5. The Labute approximate surface area is 194 Å². The summed E-state index contributed by atoms with van der Waals surface area (Å²) in [4.78, 5) is 26.3. The molecule has 2 rings (SSSR count). The lowest BCUT2D eigenvalue weighted by molar-refractivity contribution is -0.0921. The van der Waals surface area contributed by atoms with E-state index >= 15 is 0 Å². The molecule has 32 heavy (non-hydrogen) atoms. The summed E-state index contributed by atoms with van der Waals surface area (Å²) in [6, 6.07) is 1.33. The van der Waals surface area contributed by atoms with Gasteiger partial charge in [-0.1, -0.05) is 47.6 Å². The van der Waals surface area contributed by atoms with Crippen molar-refractivity contribution in [2.45, 2.75) is 102 Å². The molecule has 0 spiro atoms. The summed E-state index contributed by atoms with van der Waals surface area (Å²) >= 11 is 0. The molecule has 1 aromatic rings. The van der Waals surface area contributed by atoms with Crippen LogP contribution in [-0.2, 0) is 13.6 Å². The standard InChI is InChI=1S/C23H42N2O5Si2/c1-12-23(16-28-31(8,9)21(2,3)4)17(30-32(10,11)22(5,6)7)15-19(29-23)25-14-13-18(26)24-20(25)27/h12-14,17,19H,1,15-16H2,2-11H3,(H,24,26,27)/t17?,19-,23?/m1/s1. The lowest BCUT2D eigenvalue weighted by Crippen LogP contribution is -2.54. The maximum atomic E-state index is 12.5. The summed E-state index contributed by atoms with van der Waals surface area (Å²) in [5, 5.41) is 0.0477. The van der Waals surface area contributed by atoms with Crippen LogP contribution < -0.4 is 11.2 Å². The molecule has 3 atom stereocenters. The van der Waals surface area contributed by atoms with E-state index in [-0.39, 0.29) is 16.2 Å². The first kappa shape index (κ1) is 27.0. The molecule has 0 aromatic carbocycles. The van der Waals surface area contributed by atoms with Gasteiger partial charge in [0, 0.05) is 18.7 Å². The molecule has 1 N–H and O–H groups in total. The summed E-state index contributed by atoms with van der Waals surface area (Å²) in [6.45, 7) is 26.4. The number of hydrogen-bond acceptors (Lipinski definition) is 5. The van der Waals surface area contributed by atoms with Gasteiger partial charge in [0.2, 0.25) is 0 Å². The van der Waals surface area contributed by atoms with Gasteiger partial charge in [-0.3, -0.25) is 14.3 Å². The molecule has 7 nitrogen and oxygen atoms in total. The lowest BCUT2D eigenvalue weighted by atomic mass is 9.98. The monoisotopic (exact) mass is 482 g/mol. The molecule has 182 valence electrons. The molecule has 0 bridgehead atoms. The minimum Gasteiger partial charge on any atom is -0.413 e. The Balaban J connectivity index is 2.46. The van der Waals surface area contributed by atoms with Crippen LogP contribution in [0.25, 0.3) is 0 Å². The quantitative estimate of drug-likeness (QED) is 0.446. The van der Waals surface area contributed by atoms with E-state index in [9.17, 15) is 9.59 Å². The van der Waals surface area contributed by atoms with Gasteiger partial charge in [0.25, 0.3) is 5.56 Å². The van der Waals surface area contributed by atoms with Crippen molar-refractivity contribution in [3.05, 3.63) is 45.8 Å². The number of rotatable bonds is 7. The third-order valence-electron chi connectivity index (χ3n) is 7.53. The molecule has 0 saturated carbocycles. The van der Waals surface area contributed by atoms with Gasteiger partial charge in [-0.25, -0.2) is 4.79 Å². The van der Waals surface area contributed by atoms with Crippen molar-refractivity contribution in [3.63, 3.8) is 0 Å². The fraction of sp³-hybridized carbons (Fsp3) is 0.739. The van der Waals surface area contributed by atoms with E-state index in [1.165, 1.54) is 16.8 Å². The highest BCUT2D eigenvalue weighted by atomic mass is 28.4. The van der Waals surface area contributed by atoms with Crippen LogP contribution >= 0.6 is 0 Å². The van der Waals surface area contributed by atoms with Gasteiger partial charge in [-0.15, -0.1) is 6.58 Å². The van der Waals surface area contributed by atoms with Crippen LogP contribution in [0.2, 0.25) is 36.3 Å². The maximum Gasteiger partial charge on any atom is 0.330 e. The van der Waals surface area contributed by atoms with Gasteiger partial charge in [-0.2, -0.15) is 0 Å². The largest absolute Gasteiger partial charge is 0.413 e. The molecule has 2 unspecified atom stereocenters. The topological polar surface area (TPSA) is 82.5 Å². The Morgan fingerprint density at radius 1 is 1.16 bits per heavy atom. The van der Waals surface area contributed by atoms with E-state index < -0.39 is 39.7 Å². The van der Waals surface area contributed by atoms with E-state index in [0.29, 0.717) is 13.0 Å². The minimum atomic E-state index is -2.16. The zero-order chi connectivity index (χ0) is 24.8. The molecule has 0 aliphatic carbocycles. The Hall–Kier alpha value is -1.27. The highest BCUT2D eigenvalue weighted by Gasteiger charge is 2.53. The van der Waals surface area contributed by atoms with Crippen molar-refractivity contribution >= 4 is 16.6 Å². The number of H-pyrrole nitrogens is 1. The molecular formula is C23H42N2O5Si2. The van der Waals surface area contributed by atoms with E-state index in [1.54, 1.807) is 6.08 Å². The number of ether oxygens (including phenoxy) is 1. The third kappa shape index (κ3) is 5.44. The summed E-state index contributed by atoms with van der Waals surface area (Å²) in [6.07, 6.45) is 2.80. The van der Waals surface area contributed by atoms with E-state index in [1.807, 2.05) is 0 Å². The third-order valence-corrected chi connectivity index (χ3v) is 16.5. The number of aromatic nitrogens is 2. The first-order chi connectivity index (χ1) is 14.4. The second-order valence-electron chi connectivity index (χ2n) is 11.9. The molecule has 0 radical (unpaired) electrons.